The molecule has 8 nitrogen and oxygen atoms in total. The second-order valence-corrected chi connectivity index (χ2v) is 9.10. The molecule has 2 heterocycles. The van der Waals surface area contributed by atoms with E-state index in [1.807, 2.05) is 25.1 Å². The summed E-state index contributed by atoms with van der Waals surface area (Å²) in [5, 5.41) is 4.79. The zero-order valence-corrected chi connectivity index (χ0v) is 18.8. The molecule has 0 saturated carbocycles. The Kier molecular flexibility index (Phi) is 6.06. The van der Waals surface area contributed by atoms with E-state index in [0.717, 1.165) is 25.7 Å². The lowest BCUT2D eigenvalue weighted by molar-refractivity contribution is -0.127. The number of carbonyl (C=O) groups excluding carboxylic acids is 2. The SMILES string of the molecule is C=CC(=O)N1C[C@H](N(C)C)C[C@H]1Cn1nc([C@@H]2CCc3ccccc3C2)c(C(N)=O)c1N. The van der Waals surface area contributed by atoms with E-state index in [4.69, 9.17) is 16.6 Å². The van der Waals surface area contributed by atoms with Crippen molar-refractivity contribution in [1.82, 2.24) is 19.6 Å². The summed E-state index contributed by atoms with van der Waals surface area (Å²) in [6, 6.07) is 8.53. The Balaban J connectivity index is 1.64. The number of carbonyl (C=O) groups is 2. The number of fused-ring (bicyclic) bond motifs is 1. The first-order valence-corrected chi connectivity index (χ1v) is 11.1. The number of hydrogen-bond donors (Lipinski definition) is 2. The van der Waals surface area contributed by atoms with Crippen molar-refractivity contribution >= 4 is 17.6 Å². The van der Waals surface area contributed by atoms with Gasteiger partial charge in [0.15, 0.2) is 0 Å². The summed E-state index contributed by atoms with van der Waals surface area (Å²) >= 11 is 0. The molecule has 4 rings (SSSR count). The average Bonchev–Trinajstić information content (AvgIpc) is 3.35. The molecule has 0 unspecified atom stereocenters. The van der Waals surface area contributed by atoms with Gasteiger partial charge in [-0.3, -0.25) is 9.59 Å². The molecule has 1 aliphatic carbocycles. The van der Waals surface area contributed by atoms with E-state index in [2.05, 4.69) is 29.7 Å². The number of amides is 2. The molecular weight excluding hydrogens is 404 g/mol. The standard InChI is InChI=1S/C24H32N6O2/c1-4-20(31)29-13-18(28(2)3)12-19(29)14-30-23(25)21(24(26)32)22(27-30)17-10-9-15-7-5-6-8-16(15)11-17/h4-8,17-19H,1,9-14,25H2,2-3H3,(H2,26,32)/t17-,18-,19+/m1/s1. The van der Waals surface area contributed by atoms with Crippen LogP contribution in [0.5, 0.6) is 0 Å². The van der Waals surface area contributed by atoms with Gasteiger partial charge in [-0.25, -0.2) is 4.68 Å². The normalized spacial score (nSPS) is 22.7. The predicted molar refractivity (Wildman–Crippen MR) is 124 cm³/mol. The van der Waals surface area contributed by atoms with Crippen molar-refractivity contribution in [2.45, 2.75) is 50.2 Å². The lowest BCUT2D eigenvalue weighted by Gasteiger charge is -2.24. The second-order valence-electron chi connectivity index (χ2n) is 9.10. The lowest BCUT2D eigenvalue weighted by Crippen LogP contribution is -2.38. The number of anilines is 1. The van der Waals surface area contributed by atoms with Gasteiger partial charge in [0.25, 0.3) is 5.91 Å². The second kappa shape index (κ2) is 8.78. The zero-order valence-electron chi connectivity index (χ0n) is 18.8. The number of rotatable bonds is 6. The third-order valence-electron chi connectivity index (χ3n) is 6.96. The van der Waals surface area contributed by atoms with Gasteiger partial charge in [-0.05, 0) is 57.0 Å². The molecule has 2 aliphatic rings. The number of nitrogens with two attached hydrogens (primary N) is 2. The van der Waals surface area contributed by atoms with Gasteiger partial charge in [-0.2, -0.15) is 5.10 Å². The highest BCUT2D eigenvalue weighted by Gasteiger charge is 2.37. The van der Waals surface area contributed by atoms with Gasteiger partial charge in [-0.15, -0.1) is 0 Å². The number of aromatic nitrogens is 2. The van der Waals surface area contributed by atoms with Crippen LogP contribution < -0.4 is 11.5 Å². The van der Waals surface area contributed by atoms with Crippen LogP contribution in [0.25, 0.3) is 0 Å². The van der Waals surface area contributed by atoms with Gasteiger partial charge in [0.05, 0.1) is 18.3 Å². The number of primary amides is 1. The average molecular weight is 437 g/mol. The molecule has 8 heteroatoms. The first-order valence-electron chi connectivity index (χ1n) is 11.1. The molecule has 2 amide bonds. The van der Waals surface area contributed by atoms with E-state index in [9.17, 15) is 9.59 Å². The predicted octanol–water partition coefficient (Wildman–Crippen LogP) is 1.55. The van der Waals surface area contributed by atoms with Crippen LogP contribution in [-0.4, -0.2) is 64.1 Å². The van der Waals surface area contributed by atoms with Gasteiger partial charge in [0.1, 0.15) is 11.4 Å². The van der Waals surface area contributed by atoms with Crippen molar-refractivity contribution in [3.63, 3.8) is 0 Å². The molecule has 1 aliphatic heterocycles. The third-order valence-corrected chi connectivity index (χ3v) is 6.96. The van der Waals surface area contributed by atoms with Gasteiger partial charge >= 0.3 is 0 Å². The zero-order chi connectivity index (χ0) is 23.0. The largest absolute Gasteiger partial charge is 0.383 e. The summed E-state index contributed by atoms with van der Waals surface area (Å²) < 4.78 is 1.67. The Morgan fingerprint density at radius 2 is 2.00 bits per heavy atom. The quantitative estimate of drug-likeness (QED) is 0.668. The minimum atomic E-state index is -0.556. The Hall–Kier alpha value is -3.13. The van der Waals surface area contributed by atoms with E-state index in [-0.39, 0.29) is 29.7 Å². The lowest BCUT2D eigenvalue weighted by atomic mass is 9.81. The van der Waals surface area contributed by atoms with Crippen molar-refractivity contribution in [3.8, 4) is 0 Å². The molecule has 0 spiro atoms. The maximum atomic E-state index is 12.5. The van der Waals surface area contributed by atoms with Gasteiger partial charge < -0.3 is 21.3 Å². The summed E-state index contributed by atoms with van der Waals surface area (Å²) in [4.78, 5) is 28.8. The van der Waals surface area contributed by atoms with Gasteiger partial charge in [0, 0.05) is 18.5 Å². The summed E-state index contributed by atoms with van der Waals surface area (Å²) in [6.07, 6.45) is 4.77. The third kappa shape index (κ3) is 4.02. The maximum Gasteiger partial charge on any atom is 0.254 e. The van der Waals surface area contributed by atoms with Crippen LogP contribution in [-0.2, 0) is 24.2 Å². The molecule has 1 fully saturated rings. The van der Waals surface area contributed by atoms with Crippen molar-refractivity contribution in [2.24, 2.45) is 5.73 Å². The molecule has 2 aromatic rings. The highest BCUT2D eigenvalue weighted by atomic mass is 16.2. The number of aryl methyl sites for hydroxylation is 1. The van der Waals surface area contributed by atoms with Crippen LogP contribution in [0.1, 0.15) is 45.9 Å². The molecule has 0 bridgehead atoms. The summed E-state index contributed by atoms with van der Waals surface area (Å²) in [7, 11) is 4.02. The number of benzene rings is 1. The Labute approximate surface area is 188 Å². The Morgan fingerprint density at radius 1 is 1.28 bits per heavy atom. The van der Waals surface area contributed by atoms with Crippen LogP contribution in [0.2, 0.25) is 0 Å². The Bertz CT molecular complexity index is 1040. The van der Waals surface area contributed by atoms with Crippen LogP contribution in [0, 0.1) is 0 Å². The van der Waals surface area contributed by atoms with Gasteiger partial charge in [0.2, 0.25) is 5.91 Å². The minimum Gasteiger partial charge on any atom is -0.383 e. The minimum absolute atomic E-state index is 0.0833. The van der Waals surface area contributed by atoms with E-state index in [1.54, 1.807) is 4.68 Å². The summed E-state index contributed by atoms with van der Waals surface area (Å²) in [5.41, 5.74) is 15.8. The maximum absolute atomic E-state index is 12.5. The summed E-state index contributed by atoms with van der Waals surface area (Å²) in [6.45, 7) is 4.68. The van der Waals surface area contributed by atoms with E-state index < -0.39 is 5.91 Å². The van der Waals surface area contributed by atoms with E-state index in [0.29, 0.717) is 24.3 Å². The fourth-order valence-corrected chi connectivity index (χ4v) is 5.13. The smallest absolute Gasteiger partial charge is 0.254 e. The highest BCUT2D eigenvalue weighted by molar-refractivity contribution is 5.98. The molecule has 1 aromatic heterocycles. The van der Waals surface area contributed by atoms with Crippen molar-refractivity contribution in [2.75, 3.05) is 26.4 Å². The van der Waals surface area contributed by atoms with Gasteiger partial charge in [-0.1, -0.05) is 30.8 Å². The first-order chi connectivity index (χ1) is 15.3. The number of hydrogen-bond acceptors (Lipinski definition) is 5. The van der Waals surface area contributed by atoms with Crippen LogP contribution in [0.3, 0.4) is 0 Å². The van der Waals surface area contributed by atoms with E-state index >= 15 is 0 Å². The molecule has 4 N–H and O–H groups in total. The topological polar surface area (TPSA) is 110 Å². The van der Waals surface area contributed by atoms with E-state index in [1.165, 1.54) is 17.2 Å². The van der Waals surface area contributed by atoms with Crippen LogP contribution in [0.15, 0.2) is 36.9 Å². The van der Waals surface area contributed by atoms with Crippen molar-refractivity contribution in [1.29, 1.82) is 0 Å². The number of likely N-dealkylation sites (N-methyl/N-ethyl adjacent to an activating group) is 1. The molecule has 32 heavy (non-hydrogen) atoms. The number of likely N-dealkylation sites (tertiary alicyclic amines) is 1. The monoisotopic (exact) mass is 436 g/mol. The van der Waals surface area contributed by atoms with Crippen molar-refractivity contribution < 1.29 is 9.59 Å². The molecule has 0 radical (unpaired) electrons. The van der Waals surface area contributed by atoms with Crippen LogP contribution >= 0.6 is 0 Å². The fraction of sp³-hybridized carbons (Fsp3) is 0.458. The molecule has 170 valence electrons. The number of nitrogen functional groups attached to an aromatic ring is 1. The molecule has 1 aromatic carbocycles. The number of nitrogens with zero attached hydrogens (tertiary/aromatic N) is 4. The molecular formula is C24H32N6O2. The van der Waals surface area contributed by atoms with Crippen molar-refractivity contribution in [3.05, 3.63) is 59.3 Å². The fourth-order valence-electron chi connectivity index (χ4n) is 5.13. The first kappa shape index (κ1) is 22.1. The molecule has 1 saturated heterocycles. The van der Waals surface area contributed by atoms with Crippen LogP contribution in [0.4, 0.5) is 5.82 Å². The summed E-state index contributed by atoms with van der Waals surface area (Å²) in [5.74, 6) is -0.297. The molecule has 3 atom stereocenters. The highest BCUT2D eigenvalue weighted by Crippen LogP contribution is 2.35. The Morgan fingerprint density at radius 3 is 2.66 bits per heavy atom.